The lowest BCUT2D eigenvalue weighted by Gasteiger charge is -2.22. The summed E-state index contributed by atoms with van der Waals surface area (Å²) in [5.74, 6) is -1.04. The zero-order valence-corrected chi connectivity index (χ0v) is 24.0. The molecule has 0 saturated carbocycles. The van der Waals surface area contributed by atoms with Crippen molar-refractivity contribution in [3.8, 4) is 0 Å². The number of nitrogens with one attached hydrogen (secondary N) is 2. The third-order valence-corrected chi connectivity index (χ3v) is 8.06. The third-order valence-electron chi connectivity index (χ3n) is 6.09. The van der Waals surface area contributed by atoms with Gasteiger partial charge in [0.1, 0.15) is 12.6 Å². The van der Waals surface area contributed by atoms with Gasteiger partial charge >= 0.3 is 5.97 Å². The summed E-state index contributed by atoms with van der Waals surface area (Å²) in [4.78, 5) is 26.3. The van der Waals surface area contributed by atoms with Crippen molar-refractivity contribution in [3.63, 3.8) is 0 Å². The summed E-state index contributed by atoms with van der Waals surface area (Å²) >= 11 is 3.29. The molecule has 40 heavy (non-hydrogen) atoms. The minimum Gasteiger partial charge on any atom is -0.462 e. The molecule has 0 saturated heterocycles. The maximum atomic E-state index is 13.4. The van der Waals surface area contributed by atoms with Crippen LogP contribution in [0.5, 0.6) is 0 Å². The second-order valence-electron chi connectivity index (χ2n) is 9.18. The standard InChI is InChI=1S/C31H29BrN2O5S/c32-26-17-10-18-28(21-26)40(37,38)34-29(20-24-13-6-2-7-14-24)31(36)39-22-27(19-23-11-4-1-5-12-23)33-30(35)25-15-8-3-9-16-25/h1-18,21,27,29,34H,19-20,22H2,(H,33,35). The Hall–Kier alpha value is -3.79. The Morgan fingerprint density at radius 3 is 1.93 bits per heavy atom. The summed E-state index contributed by atoms with van der Waals surface area (Å²) in [6.45, 7) is -0.143. The predicted molar refractivity (Wildman–Crippen MR) is 157 cm³/mol. The highest BCUT2D eigenvalue weighted by Gasteiger charge is 2.28. The second kappa shape index (κ2) is 14.0. The van der Waals surface area contributed by atoms with E-state index in [2.05, 4.69) is 26.0 Å². The summed E-state index contributed by atoms with van der Waals surface area (Å²) in [6, 6.07) is 31.9. The minimum absolute atomic E-state index is 0.0183. The molecule has 0 aliphatic heterocycles. The van der Waals surface area contributed by atoms with Gasteiger partial charge in [-0.25, -0.2) is 8.42 Å². The smallest absolute Gasteiger partial charge is 0.324 e. The van der Waals surface area contributed by atoms with Crippen LogP contribution in [0.1, 0.15) is 21.5 Å². The molecular weight excluding hydrogens is 592 g/mol. The van der Waals surface area contributed by atoms with Crippen LogP contribution >= 0.6 is 15.9 Å². The number of halogens is 1. The summed E-state index contributed by atoms with van der Waals surface area (Å²) in [6.07, 6.45) is 0.506. The fourth-order valence-corrected chi connectivity index (χ4v) is 5.89. The van der Waals surface area contributed by atoms with Gasteiger partial charge in [0, 0.05) is 10.0 Å². The van der Waals surface area contributed by atoms with E-state index in [1.165, 1.54) is 12.1 Å². The van der Waals surface area contributed by atoms with Gasteiger partial charge in [0.2, 0.25) is 10.0 Å². The first-order valence-electron chi connectivity index (χ1n) is 12.7. The Balaban J connectivity index is 1.52. The molecule has 4 aromatic rings. The highest BCUT2D eigenvalue weighted by Crippen LogP contribution is 2.17. The summed E-state index contributed by atoms with van der Waals surface area (Å²) in [7, 11) is -4.04. The second-order valence-corrected chi connectivity index (χ2v) is 11.8. The van der Waals surface area contributed by atoms with E-state index in [1.54, 1.807) is 36.4 Å². The molecule has 1 amide bonds. The average Bonchev–Trinajstić information content (AvgIpc) is 2.97. The van der Waals surface area contributed by atoms with Crippen LogP contribution < -0.4 is 10.0 Å². The summed E-state index contributed by atoms with van der Waals surface area (Å²) in [5, 5.41) is 2.95. The molecule has 0 aliphatic carbocycles. The van der Waals surface area contributed by atoms with Crippen molar-refractivity contribution in [2.75, 3.05) is 6.61 Å². The normalized spacial score (nSPS) is 12.7. The van der Waals surface area contributed by atoms with Crippen molar-refractivity contribution in [3.05, 3.63) is 136 Å². The maximum Gasteiger partial charge on any atom is 0.324 e. The molecule has 2 atom stereocenters. The first-order chi connectivity index (χ1) is 19.3. The van der Waals surface area contributed by atoms with Gasteiger partial charge in [0.05, 0.1) is 10.9 Å². The maximum absolute atomic E-state index is 13.4. The van der Waals surface area contributed by atoms with Gasteiger partial charge in [-0.2, -0.15) is 4.72 Å². The number of amides is 1. The van der Waals surface area contributed by atoms with Crippen LogP contribution in [-0.4, -0.2) is 39.0 Å². The zero-order chi connectivity index (χ0) is 28.4. The number of hydrogen-bond donors (Lipinski definition) is 2. The molecule has 0 radical (unpaired) electrons. The zero-order valence-electron chi connectivity index (χ0n) is 21.6. The average molecular weight is 622 g/mol. The molecule has 2 N–H and O–H groups in total. The van der Waals surface area contributed by atoms with Crippen LogP contribution in [0, 0.1) is 0 Å². The Morgan fingerprint density at radius 2 is 1.32 bits per heavy atom. The molecule has 4 rings (SSSR count). The minimum atomic E-state index is -4.04. The van der Waals surface area contributed by atoms with Gasteiger partial charge < -0.3 is 10.1 Å². The van der Waals surface area contributed by atoms with Crippen molar-refractivity contribution >= 4 is 37.8 Å². The number of sulfonamides is 1. The third kappa shape index (κ3) is 8.61. The molecule has 206 valence electrons. The largest absolute Gasteiger partial charge is 0.462 e. The Morgan fingerprint density at radius 1 is 0.750 bits per heavy atom. The van der Waals surface area contributed by atoms with Gasteiger partial charge in [0.25, 0.3) is 5.91 Å². The quantitative estimate of drug-likeness (QED) is 0.219. The lowest BCUT2D eigenvalue weighted by molar-refractivity contribution is -0.146. The predicted octanol–water partition coefficient (Wildman–Crippen LogP) is 4.92. The van der Waals surface area contributed by atoms with Crippen LogP contribution in [-0.2, 0) is 32.4 Å². The van der Waals surface area contributed by atoms with Crippen LogP contribution in [0.3, 0.4) is 0 Å². The number of carbonyl (C=O) groups is 2. The molecule has 0 bridgehead atoms. The molecular formula is C31H29BrN2O5S. The lowest BCUT2D eigenvalue weighted by Crippen LogP contribution is -2.46. The van der Waals surface area contributed by atoms with E-state index < -0.39 is 28.1 Å². The highest BCUT2D eigenvalue weighted by molar-refractivity contribution is 9.10. The van der Waals surface area contributed by atoms with E-state index in [0.29, 0.717) is 16.5 Å². The number of ether oxygens (including phenoxy) is 1. The van der Waals surface area contributed by atoms with E-state index in [9.17, 15) is 18.0 Å². The molecule has 7 nitrogen and oxygen atoms in total. The van der Waals surface area contributed by atoms with Gasteiger partial charge in [-0.1, -0.05) is 101 Å². The molecule has 0 heterocycles. The van der Waals surface area contributed by atoms with Crippen molar-refractivity contribution < 1.29 is 22.7 Å². The summed E-state index contributed by atoms with van der Waals surface area (Å²) < 4.78 is 35.1. The lowest BCUT2D eigenvalue weighted by atomic mass is 10.1. The SMILES string of the molecule is O=C(NC(COC(=O)C(Cc1ccccc1)NS(=O)(=O)c1cccc(Br)c1)Cc1ccccc1)c1ccccc1. The van der Waals surface area contributed by atoms with E-state index in [4.69, 9.17) is 4.74 Å². The van der Waals surface area contributed by atoms with Crippen molar-refractivity contribution in [1.29, 1.82) is 0 Å². The van der Waals surface area contributed by atoms with Gasteiger partial charge in [-0.05, 0) is 54.3 Å². The van der Waals surface area contributed by atoms with E-state index in [1.807, 2.05) is 66.7 Å². The molecule has 0 aliphatic rings. The summed E-state index contributed by atoms with van der Waals surface area (Å²) in [5.41, 5.74) is 2.20. The Kier molecular flexibility index (Phi) is 10.2. The van der Waals surface area contributed by atoms with Gasteiger partial charge in [-0.3, -0.25) is 9.59 Å². The van der Waals surface area contributed by atoms with Crippen molar-refractivity contribution in [1.82, 2.24) is 10.0 Å². The van der Waals surface area contributed by atoms with Crippen LogP contribution in [0.15, 0.2) is 125 Å². The van der Waals surface area contributed by atoms with Crippen LogP contribution in [0.25, 0.3) is 0 Å². The highest BCUT2D eigenvalue weighted by atomic mass is 79.9. The molecule has 0 aromatic heterocycles. The fourth-order valence-electron chi connectivity index (χ4n) is 4.10. The van der Waals surface area contributed by atoms with Gasteiger partial charge in [-0.15, -0.1) is 0 Å². The number of benzene rings is 4. The number of rotatable bonds is 12. The molecule has 0 fully saturated rings. The number of hydrogen-bond acceptors (Lipinski definition) is 5. The molecule has 4 aromatic carbocycles. The first kappa shape index (κ1) is 29.2. The molecule has 9 heteroatoms. The van der Waals surface area contributed by atoms with E-state index >= 15 is 0 Å². The first-order valence-corrected chi connectivity index (χ1v) is 15.0. The molecule has 0 spiro atoms. The topological polar surface area (TPSA) is 102 Å². The number of esters is 1. The monoisotopic (exact) mass is 620 g/mol. The Labute approximate surface area is 242 Å². The van der Waals surface area contributed by atoms with Crippen LogP contribution in [0.4, 0.5) is 0 Å². The van der Waals surface area contributed by atoms with E-state index in [-0.39, 0.29) is 23.8 Å². The van der Waals surface area contributed by atoms with Crippen molar-refractivity contribution in [2.45, 2.75) is 29.8 Å². The number of carbonyl (C=O) groups excluding carboxylic acids is 2. The van der Waals surface area contributed by atoms with Crippen molar-refractivity contribution in [2.24, 2.45) is 0 Å². The molecule has 2 unspecified atom stereocenters. The van der Waals surface area contributed by atoms with E-state index in [0.717, 1.165) is 11.1 Å². The Bertz CT molecular complexity index is 1520. The fraction of sp³-hybridized carbons (Fsp3) is 0.161. The van der Waals surface area contributed by atoms with Crippen LogP contribution in [0.2, 0.25) is 0 Å². The van der Waals surface area contributed by atoms with Gasteiger partial charge in [0.15, 0.2) is 0 Å².